The van der Waals surface area contributed by atoms with Gasteiger partial charge in [0.05, 0.1) is 6.61 Å². The van der Waals surface area contributed by atoms with Crippen LogP contribution in [0.3, 0.4) is 0 Å². The number of nitrogens with two attached hydrogens (primary N) is 1. The second kappa shape index (κ2) is 3.18. The summed E-state index contributed by atoms with van der Waals surface area (Å²) in [7, 11) is 0. The van der Waals surface area contributed by atoms with Gasteiger partial charge in [-0.25, -0.2) is 4.98 Å². The summed E-state index contributed by atoms with van der Waals surface area (Å²) in [5.41, 5.74) is 5.27. The molecule has 0 fully saturated rings. The van der Waals surface area contributed by atoms with Gasteiger partial charge in [-0.05, 0) is 6.92 Å². The molecule has 1 aromatic rings. The van der Waals surface area contributed by atoms with Gasteiger partial charge in [0, 0.05) is 12.3 Å². The first kappa shape index (κ1) is 7.78. The highest BCUT2D eigenvalue weighted by Gasteiger charge is 2.04. The van der Waals surface area contributed by atoms with Crippen molar-refractivity contribution in [1.82, 2.24) is 4.98 Å². The van der Waals surface area contributed by atoms with E-state index in [1.165, 1.54) is 12.3 Å². The van der Waals surface area contributed by atoms with E-state index in [-0.39, 0.29) is 5.69 Å². The van der Waals surface area contributed by atoms with Crippen molar-refractivity contribution < 1.29 is 9.13 Å². The highest BCUT2D eigenvalue weighted by Crippen LogP contribution is 2.21. The number of aromatic nitrogens is 1. The fraction of sp³-hybridized carbons (Fsp3) is 0.286. The maximum absolute atomic E-state index is 12.6. The molecule has 11 heavy (non-hydrogen) atoms. The predicted molar refractivity (Wildman–Crippen MR) is 39.8 cm³/mol. The van der Waals surface area contributed by atoms with Crippen molar-refractivity contribution in [3.8, 4) is 5.75 Å². The molecule has 0 aromatic carbocycles. The maximum Gasteiger partial charge on any atom is 0.239 e. The largest absolute Gasteiger partial charge is 0.491 e. The molecule has 1 aromatic heterocycles. The Bertz CT molecular complexity index is 252. The van der Waals surface area contributed by atoms with Crippen molar-refractivity contribution in [2.24, 2.45) is 0 Å². The summed E-state index contributed by atoms with van der Waals surface area (Å²) in [6, 6.07) is 1.53. The van der Waals surface area contributed by atoms with Crippen LogP contribution >= 0.6 is 0 Å². The molecule has 0 radical (unpaired) electrons. The number of rotatable bonds is 2. The first-order valence-corrected chi connectivity index (χ1v) is 3.28. The molecular formula is C7H9FN2O. The van der Waals surface area contributed by atoms with Crippen LogP contribution < -0.4 is 10.5 Å². The number of anilines is 1. The predicted octanol–water partition coefficient (Wildman–Crippen LogP) is 1.20. The second-order valence-electron chi connectivity index (χ2n) is 1.95. The van der Waals surface area contributed by atoms with E-state index in [1.807, 2.05) is 0 Å². The van der Waals surface area contributed by atoms with Crippen LogP contribution in [-0.2, 0) is 0 Å². The number of hydrogen-bond donors (Lipinski definition) is 1. The standard InChI is InChI=1S/C7H9FN2O/c1-2-11-5-3-4-10-7(8)6(5)9/h3-4H,2,9H2,1H3. The summed E-state index contributed by atoms with van der Waals surface area (Å²) in [5, 5.41) is 0. The smallest absolute Gasteiger partial charge is 0.239 e. The van der Waals surface area contributed by atoms with Crippen LogP contribution in [0.4, 0.5) is 10.1 Å². The lowest BCUT2D eigenvalue weighted by molar-refractivity contribution is 0.339. The molecule has 0 aliphatic heterocycles. The molecule has 3 nitrogen and oxygen atoms in total. The highest BCUT2D eigenvalue weighted by molar-refractivity contribution is 5.50. The van der Waals surface area contributed by atoms with E-state index in [0.29, 0.717) is 12.4 Å². The minimum Gasteiger partial charge on any atom is -0.491 e. The van der Waals surface area contributed by atoms with Crippen LogP contribution in [0.1, 0.15) is 6.92 Å². The van der Waals surface area contributed by atoms with Gasteiger partial charge >= 0.3 is 0 Å². The molecule has 0 saturated heterocycles. The van der Waals surface area contributed by atoms with Crippen LogP contribution in [0.5, 0.6) is 5.75 Å². The molecule has 4 heteroatoms. The Kier molecular flexibility index (Phi) is 2.25. The number of ether oxygens (including phenoxy) is 1. The zero-order valence-electron chi connectivity index (χ0n) is 6.17. The number of nitrogen functional groups attached to an aromatic ring is 1. The molecule has 60 valence electrons. The number of hydrogen-bond acceptors (Lipinski definition) is 3. The van der Waals surface area contributed by atoms with E-state index in [1.54, 1.807) is 6.92 Å². The molecule has 0 amide bonds. The van der Waals surface area contributed by atoms with Gasteiger partial charge in [-0.1, -0.05) is 0 Å². The third-order valence-electron chi connectivity index (χ3n) is 1.20. The van der Waals surface area contributed by atoms with Gasteiger partial charge < -0.3 is 10.5 Å². The Morgan fingerprint density at radius 3 is 3.09 bits per heavy atom. The van der Waals surface area contributed by atoms with Crippen LogP contribution in [-0.4, -0.2) is 11.6 Å². The molecule has 0 spiro atoms. The molecule has 0 saturated carbocycles. The van der Waals surface area contributed by atoms with E-state index in [2.05, 4.69) is 4.98 Å². The van der Waals surface area contributed by atoms with Gasteiger partial charge in [-0.3, -0.25) is 0 Å². The molecule has 0 aliphatic carbocycles. The summed E-state index contributed by atoms with van der Waals surface area (Å²) in [4.78, 5) is 3.35. The quantitative estimate of drug-likeness (QED) is 0.654. The van der Waals surface area contributed by atoms with Gasteiger partial charge in [0.15, 0.2) is 0 Å². The monoisotopic (exact) mass is 156 g/mol. The van der Waals surface area contributed by atoms with Crippen molar-refractivity contribution >= 4 is 5.69 Å². The van der Waals surface area contributed by atoms with E-state index in [0.717, 1.165) is 0 Å². The third kappa shape index (κ3) is 1.58. The normalized spacial score (nSPS) is 9.64. The topological polar surface area (TPSA) is 48.1 Å². The third-order valence-corrected chi connectivity index (χ3v) is 1.20. The van der Waals surface area contributed by atoms with Gasteiger partial charge in [-0.2, -0.15) is 4.39 Å². The van der Waals surface area contributed by atoms with E-state index in [4.69, 9.17) is 10.5 Å². The van der Waals surface area contributed by atoms with Gasteiger partial charge in [0.1, 0.15) is 11.4 Å². The second-order valence-corrected chi connectivity index (χ2v) is 1.95. The summed E-state index contributed by atoms with van der Waals surface area (Å²) >= 11 is 0. The zero-order chi connectivity index (χ0) is 8.27. The Morgan fingerprint density at radius 2 is 2.45 bits per heavy atom. The maximum atomic E-state index is 12.6. The summed E-state index contributed by atoms with van der Waals surface area (Å²) in [6.07, 6.45) is 1.32. The Labute approximate surface area is 64.0 Å². The van der Waals surface area contributed by atoms with Crippen LogP contribution in [0.2, 0.25) is 0 Å². The van der Waals surface area contributed by atoms with Gasteiger partial charge in [0.25, 0.3) is 0 Å². The number of pyridine rings is 1. The number of nitrogens with zero attached hydrogens (tertiary/aromatic N) is 1. The molecule has 0 atom stereocenters. The first-order chi connectivity index (χ1) is 5.25. The molecule has 0 aliphatic rings. The van der Waals surface area contributed by atoms with Gasteiger partial charge in [-0.15, -0.1) is 0 Å². The van der Waals surface area contributed by atoms with E-state index in [9.17, 15) is 4.39 Å². The van der Waals surface area contributed by atoms with Gasteiger partial charge in [0.2, 0.25) is 5.95 Å². The van der Waals surface area contributed by atoms with Crippen LogP contribution in [0.25, 0.3) is 0 Å². The zero-order valence-corrected chi connectivity index (χ0v) is 6.17. The summed E-state index contributed by atoms with van der Waals surface area (Å²) < 4.78 is 17.6. The minimum atomic E-state index is -0.684. The Balaban J connectivity index is 2.96. The molecular weight excluding hydrogens is 147 g/mol. The van der Waals surface area contributed by atoms with Crippen molar-refractivity contribution in [2.45, 2.75) is 6.92 Å². The summed E-state index contributed by atoms with van der Waals surface area (Å²) in [5.74, 6) is -0.337. The fourth-order valence-corrected chi connectivity index (χ4v) is 0.713. The van der Waals surface area contributed by atoms with Crippen molar-refractivity contribution in [3.05, 3.63) is 18.2 Å². The molecule has 2 N–H and O–H groups in total. The van der Waals surface area contributed by atoms with Crippen LogP contribution in [0.15, 0.2) is 12.3 Å². The minimum absolute atomic E-state index is 0.0330. The van der Waals surface area contributed by atoms with Crippen molar-refractivity contribution in [3.63, 3.8) is 0 Å². The van der Waals surface area contributed by atoms with Crippen LogP contribution in [0, 0.1) is 5.95 Å². The Morgan fingerprint density at radius 1 is 1.73 bits per heavy atom. The first-order valence-electron chi connectivity index (χ1n) is 3.28. The average Bonchev–Trinajstić information content (AvgIpc) is 1.99. The molecule has 1 heterocycles. The lowest BCUT2D eigenvalue weighted by atomic mass is 10.4. The molecule has 1 rings (SSSR count). The van der Waals surface area contributed by atoms with E-state index < -0.39 is 5.95 Å². The fourth-order valence-electron chi connectivity index (χ4n) is 0.713. The van der Waals surface area contributed by atoms with Crippen molar-refractivity contribution in [1.29, 1.82) is 0 Å². The lowest BCUT2D eigenvalue weighted by Crippen LogP contribution is -2.00. The SMILES string of the molecule is CCOc1ccnc(F)c1N. The summed E-state index contributed by atoms with van der Waals surface area (Å²) in [6.45, 7) is 2.27. The van der Waals surface area contributed by atoms with Crippen molar-refractivity contribution in [2.75, 3.05) is 12.3 Å². The average molecular weight is 156 g/mol. The highest BCUT2D eigenvalue weighted by atomic mass is 19.1. The van der Waals surface area contributed by atoms with E-state index >= 15 is 0 Å². The Hall–Kier alpha value is -1.32. The molecule has 0 bridgehead atoms. The number of halogens is 1. The lowest BCUT2D eigenvalue weighted by Gasteiger charge is -2.04. The molecule has 0 unspecified atom stereocenters.